The Morgan fingerprint density at radius 2 is 2.29 bits per heavy atom. The lowest BCUT2D eigenvalue weighted by molar-refractivity contribution is 0.566. The summed E-state index contributed by atoms with van der Waals surface area (Å²) >= 11 is 3.02. The summed E-state index contributed by atoms with van der Waals surface area (Å²) in [5, 5.41) is 5.12. The van der Waals surface area contributed by atoms with Crippen LogP contribution in [0.4, 0.5) is 5.82 Å². The summed E-state index contributed by atoms with van der Waals surface area (Å²) < 4.78 is 29.7. The third-order valence-corrected chi connectivity index (χ3v) is 5.99. The minimum absolute atomic E-state index is 0.131. The first kappa shape index (κ1) is 16.6. The Morgan fingerprint density at radius 3 is 2.95 bits per heavy atom. The monoisotopic (exact) mass is 348 g/mol. The normalized spacial score (nSPS) is 13.7. The number of hydrogen-bond acceptors (Lipinski definition) is 6. The van der Waals surface area contributed by atoms with Crippen molar-refractivity contribution in [2.75, 3.05) is 23.9 Å². The van der Waals surface area contributed by atoms with Crippen molar-refractivity contribution in [3.63, 3.8) is 0 Å². The summed E-state index contributed by atoms with van der Waals surface area (Å²) in [4.78, 5) is 5.05. The number of fused-ring (bicyclic) bond motifs is 1. The number of thiazole rings is 1. The summed E-state index contributed by atoms with van der Waals surface area (Å²) in [6, 6.07) is -0.131. The van der Waals surface area contributed by atoms with Gasteiger partial charge in [-0.3, -0.25) is 4.40 Å². The lowest BCUT2D eigenvalue weighted by atomic mass is 10.4. The zero-order valence-corrected chi connectivity index (χ0v) is 14.7. The molecule has 2 N–H and O–H groups in total. The maximum Gasteiger partial charge on any atom is 0.260 e. The van der Waals surface area contributed by atoms with Gasteiger partial charge in [-0.1, -0.05) is 6.92 Å². The molecule has 118 valence electrons. The van der Waals surface area contributed by atoms with Gasteiger partial charge < -0.3 is 5.32 Å². The number of thioether (sulfide) groups is 1. The van der Waals surface area contributed by atoms with E-state index in [4.69, 9.17) is 0 Å². The van der Waals surface area contributed by atoms with Crippen LogP contribution in [0.1, 0.15) is 20.3 Å². The number of aromatic nitrogens is 2. The predicted molar refractivity (Wildman–Crippen MR) is 90.0 cm³/mol. The number of hydrogen-bond donors (Lipinski definition) is 2. The number of rotatable bonds is 8. The predicted octanol–water partition coefficient (Wildman–Crippen LogP) is 2.25. The van der Waals surface area contributed by atoms with Crippen LogP contribution in [0.15, 0.2) is 16.6 Å². The molecule has 0 spiro atoms. The van der Waals surface area contributed by atoms with Gasteiger partial charge >= 0.3 is 0 Å². The van der Waals surface area contributed by atoms with Crippen molar-refractivity contribution in [2.45, 2.75) is 31.3 Å². The van der Waals surface area contributed by atoms with Gasteiger partial charge in [0.05, 0.1) is 0 Å². The van der Waals surface area contributed by atoms with Crippen LogP contribution in [0.2, 0.25) is 0 Å². The molecule has 0 aliphatic carbocycles. The summed E-state index contributed by atoms with van der Waals surface area (Å²) in [7, 11) is -3.61. The van der Waals surface area contributed by atoms with E-state index in [9.17, 15) is 8.42 Å². The molecule has 0 fully saturated rings. The largest absolute Gasteiger partial charge is 0.368 e. The second kappa shape index (κ2) is 6.99. The molecule has 2 aromatic rings. The highest BCUT2D eigenvalue weighted by Gasteiger charge is 2.27. The van der Waals surface area contributed by atoms with Crippen LogP contribution >= 0.6 is 23.1 Å². The zero-order valence-electron chi connectivity index (χ0n) is 12.3. The van der Waals surface area contributed by atoms with Crippen molar-refractivity contribution in [2.24, 2.45) is 0 Å². The van der Waals surface area contributed by atoms with Crippen LogP contribution in [-0.2, 0) is 10.0 Å². The molecule has 9 heteroatoms. The fraction of sp³-hybridized carbons (Fsp3) is 0.583. The molecular weight excluding hydrogens is 328 g/mol. The fourth-order valence-corrected chi connectivity index (χ4v) is 4.95. The molecule has 0 aliphatic heterocycles. The molecular formula is C12H20N4O2S3. The average molecular weight is 349 g/mol. The lowest BCUT2D eigenvalue weighted by Gasteiger charge is -2.13. The van der Waals surface area contributed by atoms with E-state index in [1.54, 1.807) is 22.4 Å². The fourth-order valence-electron chi connectivity index (χ4n) is 1.99. The number of nitrogens with one attached hydrogen (secondary N) is 2. The van der Waals surface area contributed by atoms with Gasteiger partial charge in [0.2, 0.25) is 0 Å². The van der Waals surface area contributed by atoms with Crippen LogP contribution < -0.4 is 10.0 Å². The van der Waals surface area contributed by atoms with Gasteiger partial charge in [0, 0.05) is 29.9 Å². The van der Waals surface area contributed by atoms with Crippen LogP contribution in [0.3, 0.4) is 0 Å². The zero-order chi connectivity index (χ0) is 15.5. The maximum absolute atomic E-state index is 12.7. The van der Waals surface area contributed by atoms with Gasteiger partial charge in [-0.25, -0.2) is 18.1 Å². The highest BCUT2D eigenvalue weighted by molar-refractivity contribution is 7.98. The molecule has 1 atom stereocenters. The molecule has 0 aliphatic rings. The van der Waals surface area contributed by atoms with E-state index in [-0.39, 0.29) is 11.1 Å². The Labute approximate surface area is 133 Å². The molecule has 21 heavy (non-hydrogen) atoms. The maximum atomic E-state index is 12.7. The molecule has 0 saturated heterocycles. The van der Waals surface area contributed by atoms with E-state index in [1.807, 2.05) is 25.5 Å². The second-order valence-electron chi connectivity index (χ2n) is 4.73. The number of imidazole rings is 1. The van der Waals surface area contributed by atoms with Crippen LogP contribution in [0.5, 0.6) is 0 Å². The summed E-state index contributed by atoms with van der Waals surface area (Å²) in [5.74, 6) is 1.15. The Bertz CT molecular complexity index is 692. The summed E-state index contributed by atoms with van der Waals surface area (Å²) in [5.41, 5.74) is 0. The quantitative estimate of drug-likeness (QED) is 0.765. The second-order valence-corrected chi connectivity index (χ2v) is 8.14. The number of anilines is 1. The molecule has 0 radical (unpaired) electrons. The Hall–Kier alpha value is -0.770. The molecule has 2 rings (SSSR count). The molecule has 0 saturated carbocycles. The van der Waals surface area contributed by atoms with Crippen molar-refractivity contribution in [1.29, 1.82) is 0 Å². The first-order valence-electron chi connectivity index (χ1n) is 6.70. The third-order valence-electron chi connectivity index (χ3n) is 2.79. The third kappa shape index (κ3) is 3.71. The van der Waals surface area contributed by atoms with E-state index >= 15 is 0 Å². The first-order chi connectivity index (χ1) is 9.99. The highest BCUT2D eigenvalue weighted by atomic mass is 32.2. The van der Waals surface area contributed by atoms with E-state index in [0.717, 1.165) is 12.2 Å². The minimum atomic E-state index is -3.61. The van der Waals surface area contributed by atoms with Gasteiger partial charge in [0.25, 0.3) is 10.0 Å². The van der Waals surface area contributed by atoms with Crippen molar-refractivity contribution in [3.8, 4) is 0 Å². The lowest BCUT2D eigenvalue weighted by Crippen LogP contribution is -2.35. The number of sulfonamides is 1. The summed E-state index contributed by atoms with van der Waals surface area (Å²) in [6.07, 6.45) is 4.59. The van der Waals surface area contributed by atoms with Gasteiger partial charge in [-0.15, -0.1) is 11.3 Å². The van der Waals surface area contributed by atoms with Gasteiger partial charge in [0.15, 0.2) is 15.8 Å². The standard InChI is InChI=1S/C12H20N4O2S3/c1-4-5-13-10-11(16-6-7-20-12(16)14-10)21(17,18)15-9(2)8-19-3/h6-7,9,13,15H,4-5,8H2,1-3H3. The smallest absolute Gasteiger partial charge is 0.260 e. The highest BCUT2D eigenvalue weighted by Crippen LogP contribution is 2.25. The molecule has 2 aromatic heterocycles. The van der Waals surface area contributed by atoms with Crippen LogP contribution in [0, 0.1) is 0 Å². The van der Waals surface area contributed by atoms with Crippen LogP contribution in [0.25, 0.3) is 4.96 Å². The van der Waals surface area contributed by atoms with E-state index in [1.165, 1.54) is 11.3 Å². The summed E-state index contributed by atoms with van der Waals surface area (Å²) in [6.45, 7) is 4.57. The molecule has 0 aromatic carbocycles. The van der Waals surface area contributed by atoms with Crippen molar-refractivity contribution in [1.82, 2.24) is 14.1 Å². The van der Waals surface area contributed by atoms with E-state index in [2.05, 4.69) is 15.0 Å². The Balaban J connectivity index is 2.39. The van der Waals surface area contributed by atoms with Crippen LogP contribution in [-0.4, -0.2) is 42.4 Å². The van der Waals surface area contributed by atoms with Gasteiger partial charge in [-0.05, 0) is 19.6 Å². The first-order valence-corrected chi connectivity index (χ1v) is 10.5. The Kier molecular flexibility index (Phi) is 5.53. The van der Waals surface area contributed by atoms with E-state index < -0.39 is 10.0 Å². The molecule has 2 heterocycles. The van der Waals surface area contributed by atoms with Crippen molar-refractivity contribution < 1.29 is 8.42 Å². The Morgan fingerprint density at radius 1 is 1.52 bits per heavy atom. The van der Waals surface area contributed by atoms with Crippen molar-refractivity contribution >= 4 is 43.9 Å². The topological polar surface area (TPSA) is 75.5 Å². The number of nitrogens with zero attached hydrogens (tertiary/aromatic N) is 2. The van der Waals surface area contributed by atoms with E-state index in [0.29, 0.717) is 17.3 Å². The molecule has 0 amide bonds. The van der Waals surface area contributed by atoms with Gasteiger partial charge in [0.1, 0.15) is 0 Å². The van der Waals surface area contributed by atoms with Gasteiger partial charge in [-0.2, -0.15) is 11.8 Å². The molecule has 0 bridgehead atoms. The SMILES string of the molecule is CCCNc1nc2sccn2c1S(=O)(=O)NC(C)CSC. The molecule has 1 unspecified atom stereocenters. The average Bonchev–Trinajstić information content (AvgIpc) is 2.94. The van der Waals surface area contributed by atoms with Crippen molar-refractivity contribution in [3.05, 3.63) is 11.6 Å². The molecule has 6 nitrogen and oxygen atoms in total. The minimum Gasteiger partial charge on any atom is -0.368 e.